The van der Waals surface area contributed by atoms with Gasteiger partial charge in [-0.1, -0.05) is 0 Å². The van der Waals surface area contributed by atoms with Crippen LogP contribution in [0, 0.1) is 20.2 Å². The highest BCUT2D eigenvalue weighted by Gasteiger charge is 2.40. The highest BCUT2D eigenvalue weighted by molar-refractivity contribution is 5.02. The van der Waals surface area contributed by atoms with Gasteiger partial charge in [0.15, 0.2) is 0 Å². The fourth-order valence-electron chi connectivity index (χ4n) is 2.16. The number of nitro groups is 2. The first-order valence-electron chi connectivity index (χ1n) is 6.38. The molecule has 0 N–H and O–H groups in total. The van der Waals surface area contributed by atoms with E-state index in [4.69, 9.17) is 14.2 Å². The molecule has 2 atom stereocenters. The monoisotopic (exact) mass is 300 g/mol. The highest BCUT2D eigenvalue weighted by atomic mass is 16.7. The van der Waals surface area contributed by atoms with E-state index in [9.17, 15) is 20.2 Å². The number of rotatable bonds is 6. The third-order valence-corrected chi connectivity index (χ3v) is 3.29. The van der Waals surface area contributed by atoms with Gasteiger partial charge in [0.05, 0.1) is 13.2 Å². The summed E-state index contributed by atoms with van der Waals surface area (Å²) >= 11 is 0. The lowest BCUT2D eigenvalue weighted by Crippen LogP contribution is -2.36. The molecule has 2 heterocycles. The Hall–Kier alpha value is -2.16. The Balaban J connectivity index is 1.78. The van der Waals surface area contributed by atoms with Gasteiger partial charge in [0.25, 0.3) is 0 Å². The second kappa shape index (κ2) is 5.32. The number of hydrogen-bond donors (Lipinski definition) is 0. The van der Waals surface area contributed by atoms with Crippen LogP contribution in [0.15, 0.2) is 23.9 Å². The summed E-state index contributed by atoms with van der Waals surface area (Å²) in [5.74, 6) is -0.552. The predicted octanol–water partition coefficient (Wildman–Crippen LogP) is 1.60. The molecule has 21 heavy (non-hydrogen) atoms. The maximum absolute atomic E-state index is 10.6. The summed E-state index contributed by atoms with van der Waals surface area (Å²) in [6.45, 7) is 3.68. The van der Waals surface area contributed by atoms with Crippen LogP contribution in [0.3, 0.4) is 0 Å². The lowest BCUT2D eigenvalue weighted by Gasteiger charge is -2.27. The van der Waals surface area contributed by atoms with Crippen molar-refractivity contribution in [3.05, 3.63) is 44.1 Å². The van der Waals surface area contributed by atoms with Crippen molar-refractivity contribution in [2.75, 3.05) is 13.2 Å². The van der Waals surface area contributed by atoms with Crippen molar-refractivity contribution in [1.29, 1.82) is 0 Å². The van der Waals surface area contributed by atoms with E-state index in [2.05, 4.69) is 0 Å². The Morgan fingerprint density at radius 3 is 1.71 bits per heavy atom. The molecule has 2 aliphatic rings. The van der Waals surface area contributed by atoms with Crippen molar-refractivity contribution in [3.63, 3.8) is 0 Å². The van der Waals surface area contributed by atoms with Crippen molar-refractivity contribution in [1.82, 2.24) is 0 Å². The Labute approximate surface area is 120 Å². The van der Waals surface area contributed by atoms with E-state index in [1.54, 1.807) is 13.8 Å². The standard InChI is InChI=1S/C12H16N2O7/c1-11(5-3-9(20-11)13(15)16)7-19-8-12(2)6-4-10(21-12)14(17)18/h3-4H,5-8H2,1-2H3. The fourth-order valence-corrected chi connectivity index (χ4v) is 2.16. The molecule has 0 saturated carbocycles. The Kier molecular flexibility index (Phi) is 3.86. The average Bonchev–Trinajstić information content (AvgIpc) is 2.94. The molecule has 0 saturated heterocycles. The van der Waals surface area contributed by atoms with Crippen molar-refractivity contribution in [3.8, 4) is 0 Å². The summed E-state index contributed by atoms with van der Waals surface area (Å²) in [5, 5.41) is 21.2. The van der Waals surface area contributed by atoms with Gasteiger partial charge >= 0.3 is 11.8 Å². The molecule has 0 fully saturated rings. The van der Waals surface area contributed by atoms with Crippen LogP contribution in [0.1, 0.15) is 26.7 Å². The zero-order valence-electron chi connectivity index (χ0n) is 11.7. The van der Waals surface area contributed by atoms with Gasteiger partial charge in [0.2, 0.25) is 0 Å². The van der Waals surface area contributed by atoms with Gasteiger partial charge in [-0.15, -0.1) is 0 Å². The van der Waals surface area contributed by atoms with Gasteiger partial charge < -0.3 is 14.2 Å². The van der Waals surface area contributed by atoms with Crippen molar-refractivity contribution >= 4 is 0 Å². The van der Waals surface area contributed by atoms with Crippen molar-refractivity contribution in [2.24, 2.45) is 0 Å². The van der Waals surface area contributed by atoms with Crippen LogP contribution in [0.5, 0.6) is 0 Å². The molecule has 0 aromatic heterocycles. The van der Waals surface area contributed by atoms with Crippen molar-refractivity contribution in [2.45, 2.75) is 37.9 Å². The van der Waals surface area contributed by atoms with Crippen LogP contribution in [0.25, 0.3) is 0 Å². The van der Waals surface area contributed by atoms with Gasteiger partial charge in [0, 0.05) is 25.0 Å². The lowest BCUT2D eigenvalue weighted by molar-refractivity contribution is -0.468. The number of ether oxygens (including phenoxy) is 3. The van der Waals surface area contributed by atoms with Crippen LogP contribution in [-0.4, -0.2) is 34.3 Å². The minimum absolute atomic E-state index is 0.133. The molecule has 9 nitrogen and oxygen atoms in total. The lowest BCUT2D eigenvalue weighted by atomic mass is 10.0. The molecule has 0 spiro atoms. The zero-order valence-corrected chi connectivity index (χ0v) is 11.7. The summed E-state index contributed by atoms with van der Waals surface area (Å²) in [6, 6.07) is 0. The van der Waals surface area contributed by atoms with E-state index in [1.807, 2.05) is 0 Å². The van der Waals surface area contributed by atoms with E-state index < -0.39 is 21.0 Å². The molecule has 0 amide bonds. The van der Waals surface area contributed by atoms with Gasteiger partial charge in [-0.05, 0) is 13.8 Å². The molecule has 0 radical (unpaired) electrons. The van der Waals surface area contributed by atoms with Gasteiger partial charge in [-0.25, -0.2) is 0 Å². The van der Waals surface area contributed by atoms with Crippen LogP contribution in [0.2, 0.25) is 0 Å². The first kappa shape index (κ1) is 15.2. The molecule has 0 aromatic rings. The first-order valence-corrected chi connectivity index (χ1v) is 6.38. The van der Waals surface area contributed by atoms with Crippen LogP contribution < -0.4 is 0 Å². The van der Waals surface area contributed by atoms with Crippen LogP contribution in [0.4, 0.5) is 0 Å². The minimum Gasteiger partial charge on any atom is -0.432 e. The molecule has 2 unspecified atom stereocenters. The Bertz CT molecular complexity index is 484. The minimum atomic E-state index is -0.795. The SMILES string of the molecule is CC1(COCC2(C)CC=C([N+](=O)[O-])O2)CC=C([N+](=O)[O-])O1. The second-order valence-corrected chi connectivity index (χ2v) is 5.60. The topological polar surface area (TPSA) is 114 Å². The first-order chi connectivity index (χ1) is 9.73. The summed E-state index contributed by atoms with van der Waals surface area (Å²) in [4.78, 5) is 20.0. The summed E-state index contributed by atoms with van der Waals surface area (Å²) in [6.07, 6.45) is 3.56. The highest BCUT2D eigenvalue weighted by Crippen LogP contribution is 2.31. The molecule has 9 heteroatoms. The summed E-state index contributed by atoms with van der Waals surface area (Å²) in [7, 11) is 0. The third kappa shape index (κ3) is 3.48. The molecule has 0 aromatic carbocycles. The predicted molar refractivity (Wildman–Crippen MR) is 69.2 cm³/mol. The fraction of sp³-hybridized carbons (Fsp3) is 0.667. The van der Waals surface area contributed by atoms with Crippen LogP contribution >= 0.6 is 0 Å². The normalized spacial score (nSPS) is 31.1. The Morgan fingerprint density at radius 2 is 1.43 bits per heavy atom. The summed E-state index contributed by atoms with van der Waals surface area (Å²) < 4.78 is 16.0. The largest absolute Gasteiger partial charge is 0.432 e. The quantitative estimate of drug-likeness (QED) is 0.540. The average molecular weight is 300 g/mol. The maximum atomic E-state index is 10.6. The molecule has 2 aliphatic heterocycles. The second-order valence-electron chi connectivity index (χ2n) is 5.60. The van der Waals surface area contributed by atoms with Crippen molar-refractivity contribution < 1.29 is 24.1 Å². The molecule has 116 valence electrons. The zero-order chi connectivity index (χ0) is 15.7. The molecular weight excluding hydrogens is 284 g/mol. The van der Waals surface area contributed by atoms with E-state index in [0.29, 0.717) is 12.8 Å². The summed E-state index contributed by atoms with van der Waals surface area (Å²) in [5.41, 5.74) is -1.59. The Morgan fingerprint density at radius 1 is 1.05 bits per heavy atom. The van der Waals surface area contributed by atoms with Gasteiger partial charge in [0.1, 0.15) is 21.0 Å². The maximum Gasteiger partial charge on any atom is 0.424 e. The smallest absolute Gasteiger partial charge is 0.424 e. The van der Waals surface area contributed by atoms with Crippen LogP contribution in [-0.2, 0) is 14.2 Å². The van der Waals surface area contributed by atoms with Gasteiger partial charge in [-0.3, -0.25) is 20.2 Å². The van der Waals surface area contributed by atoms with E-state index >= 15 is 0 Å². The molecular formula is C12H16N2O7. The van der Waals surface area contributed by atoms with Gasteiger partial charge in [-0.2, -0.15) is 0 Å². The van der Waals surface area contributed by atoms with E-state index in [-0.39, 0.29) is 25.0 Å². The molecule has 2 rings (SSSR count). The van der Waals surface area contributed by atoms with E-state index in [1.165, 1.54) is 12.2 Å². The third-order valence-electron chi connectivity index (χ3n) is 3.29. The number of hydrogen-bond acceptors (Lipinski definition) is 7. The number of nitrogens with zero attached hydrogens (tertiary/aromatic N) is 2. The van der Waals surface area contributed by atoms with E-state index in [0.717, 1.165) is 0 Å². The molecule has 0 bridgehead atoms. The molecule has 0 aliphatic carbocycles.